The molecule has 1 saturated heterocycles. The van der Waals surface area contributed by atoms with Gasteiger partial charge in [0.15, 0.2) is 0 Å². The van der Waals surface area contributed by atoms with Crippen LogP contribution < -0.4 is 10.6 Å². The van der Waals surface area contributed by atoms with Crippen LogP contribution in [0.2, 0.25) is 0 Å². The van der Waals surface area contributed by atoms with E-state index < -0.39 is 0 Å². The van der Waals surface area contributed by atoms with Crippen molar-refractivity contribution in [3.8, 4) is 0 Å². The Bertz CT molecular complexity index is 420. The van der Waals surface area contributed by atoms with Crippen molar-refractivity contribution >= 4 is 11.6 Å². The molecule has 1 aliphatic heterocycles. The first kappa shape index (κ1) is 13.1. The number of hydrogen-bond donors (Lipinski definition) is 1. The largest absolute Gasteiger partial charge is 0.383 e. The fraction of sp³-hybridized carbons (Fsp3) is 0.714. The predicted octanol–water partition coefficient (Wildman–Crippen LogP) is 2.73. The molecule has 0 amide bonds. The van der Waals surface area contributed by atoms with Gasteiger partial charge in [-0.3, -0.25) is 0 Å². The number of rotatable bonds is 2. The average Bonchev–Trinajstić information content (AvgIpc) is 2.33. The second kappa shape index (κ2) is 5.12. The van der Waals surface area contributed by atoms with Gasteiger partial charge in [-0.25, -0.2) is 9.97 Å². The van der Waals surface area contributed by atoms with E-state index in [1.807, 2.05) is 6.92 Å². The molecule has 0 aliphatic carbocycles. The number of aromatic nitrogens is 2. The van der Waals surface area contributed by atoms with E-state index in [9.17, 15) is 0 Å². The second-order valence-corrected chi connectivity index (χ2v) is 5.74. The zero-order valence-electron chi connectivity index (χ0n) is 11.9. The lowest BCUT2D eigenvalue weighted by atomic mass is 9.99. The molecule has 0 unspecified atom stereocenters. The summed E-state index contributed by atoms with van der Waals surface area (Å²) in [6.07, 6.45) is 2.47. The molecule has 0 atom stereocenters. The number of nitrogens with zero attached hydrogens (tertiary/aromatic N) is 3. The molecule has 1 aromatic heterocycles. The van der Waals surface area contributed by atoms with Crippen LogP contribution in [0.25, 0.3) is 0 Å². The Morgan fingerprint density at radius 3 is 2.39 bits per heavy atom. The third-order valence-electron chi connectivity index (χ3n) is 3.77. The normalized spacial score (nSPS) is 17.5. The molecule has 2 rings (SSSR count). The van der Waals surface area contributed by atoms with Crippen LogP contribution in [-0.2, 0) is 0 Å². The Labute approximate surface area is 110 Å². The highest BCUT2D eigenvalue weighted by Crippen LogP contribution is 2.27. The third kappa shape index (κ3) is 2.57. The summed E-state index contributed by atoms with van der Waals surface area (Å²) in [5.74, 6) is 3.66. The molecule has 2 N–H and O–H groups in total. The second-order valence-electron chi connectivity index (χ2n) is 5.74. The Hall–Kier alpha value is -1.32. The van der Waals surface area contributed by atoms with Gasteiger partial charge in [-0.1, -0.05) is 20.8 Å². The molecule has 1 fully saturated rings. The van der Waals surface area contributed by atoms with E-state index >= 15 is 0 Å². The Morgan fingerprint density at radius 2 is 1.83 bits per heavy atom. The van der Waals surface area contributed by atoms with E-state index in [2.05, 4.69) is 30.7 Å². The smallest absolute Gasteiger partial charge is 0.137 e. The van der Waals surface area contributed by atoms with Crippen molar-refractivity contribution < 1.29 is 0 Å². The highest BCUT2D eigenvalue weighted by atomic mass is 15.2. The van der Waals surface area contributed by atoms with E-state index in [1.54, 1.807) is 0 Å². The molecular weight excluding hydrogens is 224 g/mol. The van der Waals surface area contributed by atoms with Crippen LogP contribution >= 0.6 is 0 Å². The van der Waals surface area contributed by atoms with Crippen LogP contribution in [0.5, 0.6) is 0 Å². The number of nitrogen functional groups attached to an aromatic ring is 1. The molecule has 0 saturated carbocycles. The molecule has 0 spiro atoms. The molecule has 100 valence electrons. The molecule has 4 nitrogen and oxygen atoms in total. The molecular formula is C14H24N4. The monoisotopic (exact) mass is 248 g/mol. The number of nitrogens with two attached hydrogens (primary N) is 1. The minimum absolute atomic E-state index is 0.315. The van der Waals surface area contributed by atoms with E-state index in [4.69, 9.17) is 10.7 Å². The van der Waals surface area contributed by atoms with Gasteiger partial charge in [0.1, 0.15) is 17.5 Å². The quantitative estimate of drug-likeness (QED) is 0.874. The van der Waals surface area contributed by atoms with E-state index in [-0.39, 0.29) is 0 Å². The van der Waals surface area contributed by atoms with Gasteiger partial charge in [0.2, 0.25) is 0 Å². The minimum Gasteiger partial charge on any atom is -0.383 e. The van der Waals surface area contributed by atoms with Crippen LogP contribution in [0.15, 0.2) is 0 Å². The topological polar surface area (TPSA) is 55.0 Å². The maximum Gasteiger partial charge on any atom is 0.137 e. The molecule has 0 radical (unpaired) electrons. The Morgan fingerprint density at radius 1 is 1.22 bits per heavy atom. The van der Waals surface area contributed by atoms with Crippen molar-refractivity contribution in [2.45, 2.75) is 46.5 Å². The third-order valence-corrected chi connectivity index (χ3v) is 3.77. The highest BCUT2D eigenvalue weighted by molar-refractivity contribution is 5.56. The first-order valence-corrected chi connectivity index (χ1v) is 6.88. The fourth-order valence-electron chi connectivity index (χ4n) is 2.33. The lowest BCUT2D eigenvalue weighted by molar-refractivity contribution is 0.435. The molecule has 18 heavy (non-hydrogen) atoms. The number of piperidine rings is 1. The van der Waals surface area contributed by atoms with Gasteiger partial charge in [-0.15, -0.1) is 0 Å². The standard InChI is InChI=1S/C14H24N4/c1-9(2)13-16-12(15)11(4)14(17-13)18-7-5-10(3)6-8-18/h9-10H,5-8H2,1-4H3,(H2,15,16,17). The zero-order valence-corrected chi connectivity index (χ0v) is 11.9. The van der Waals surface area contributed by atoms with Crippen LogP contribution in [0.4, 0.5) is 11.6 Å². The summed E-state index contributed by atoms with van der Waals surface area (Å²) < 4.78 is 0. The molecule has 4 heteroatoms. The number of hydrogen-bond acceptors (Lipinski definition) is 4. The van der Waals surface area contributed by atoms with Crippen LogP contribution in [0.1, 0.15) is 50.9 Å². The summed E-state index contributed by atoms with van der Waals surface area (Å²) in [4.78, 5) is 11.5. The van der Waals surface area contributed by atoms with Gasteiger partial charge in [0.05, 0.1) is 0 Å². The molecule has 2 heterocycles. The summed E-state index contributed by atoms with van der Waals surface area (Å²) in [6.45, 7) is 10.7. The van der Waals surface area contributed by atoms with Gasteiger partial charge < -0.3 is 10.6 Å². The lowest BCUT2D eigenvalue weighted by Crippen LogP contribution is -2.34. The van der Waals surface area contributed by atoms with Gasteiger partial charge >= 0.3 is 0 Å². The predicted molar refractivity (Wildman–Crippen MR) is 75.9 cm³/mol. The first-order chi connectivity index (χ1) is 8.49. The van der Waals surface area contributed by atoms with Gasteiger partial charge in [0, 0.05) is 24.6 Å². The molecule has 0 bridgehead atoms. The van der Waals surface area contributed by atoms with E-state index in [1.165, 1.54) is 12.8 Å². The van der Waals surface area contributed by atoms with Gasteiger partial charge in [-0.05, 0) is 25.7 Å². The highest BCUT2D eigenvalue weighted by Gasteiger charge is 2.21. The summed E-state index contributed by atoms with van der Waals surface area (Å²) >= 11 is 0. The summed E-state index contributed by atoms with van der Waals surface area (Å²) in [5.41, 5.74) is 7.04. The van der Waals surface area contributed by atoms with Gasteiger partial charge in [0.25, 0.3) is 0 Å². The number of anilines is 2. The summed E-state index contributed by atoms with van der Waals surface area (Å²) in [5, 5.41) is 0. The lowest BCUT2D eigenvalue weighted by Gasteiger charge is -2.32. The maximum atomic E-state index is 6.02. The average molecular weight is 248 g/mol. The van der Waals surface area contributed by atoms with Gasteiger partial charge in [-0.2, -0.15) is 0 Å². The van der Waals surface area contributed by atoms with Crippen molar-refractivity contribution in [2.24, 2.45) is 5.92 Å². The van der Waals surface area contributed by atoms with Crippen LogP contribution in [0, 0.1) is 12.8 Å². The van der Waals surface area contributed by atoms with E-state index in [0.29, 0.717) is 11.7 Å². The summed E-state index contributed by atoms with van der Waals surface area (Å²) in [6, 6.07) is 0. The van der Waals surface area contributed by atoms with Crippen molar-refractivity contribution in [1.82, 2.24) is 9.97 Å². The summed E-state index contributed by atoms with van der Waals surface area (Å²) in [7, 11) is 0. The SMILES string of the molecule is Cc1c(N)nc(C(C)C)nc1N1CCC(C)CC1. The zero-order chi connectivity index (χ0) is 13.3. The van der Waals surface area contributed by atoms with Crippen molar-refractivity contribution in [3.63, 3.8) is 0 Å². The van der Waals surface area contributed by atoms with Crippen LogP contribution in [-0.4, -0.2) is 23.1 Å². The van der Waals surface area contributed by atoms with E-state index in [0.717, 1.165) is 36.2 Å². The van der Waals surface area contributed by atoms with Crippen LogP contribution in [0.3, 0.4) is 0 Å². The van der Waals surface area contributed by atoms with Crippen molar-refractivity contribution in [1.29, 1.82) is 0 Å². The minimum atomic E-state index is 0.315. The molecule has 0 aromatic carbocycles. The first-order valence-electron chi connectivity index (χ1n) is 6.88. The van der Waals surface area contributed by atoms with Crippen molar-refractivity contribution in [3.05, 3.63) is 11.4 Å². The molecule has 1 aliphatic rings. The fourth-order valence-corrected chi connectivity index (χ4v) is 2.33. The van der Waals surface area contributed by atoms with Crippen molar-refractivity contribution in [2.75, 3.05) is 23.7 Å². The Balaban J connectivity index is 2.31. The Kier molecular flexibility index (Phi) is 3.73. The maximum absolute atomic E-state index is 6.02. The molecule has 1 aromatic rings.